The van der Waals surface area contributed by atoms with E-state index in [1.54, 1.807) is 0 Å². The molecule has 1 saturated heterocycles. The van der Waals surface area contributed by atoms with Gasteiger partial charge in [0.15, 0.2) is 11.5 Å². The quantitative estimate of drug-likeness (QED) is 0.386. The highest BCUT2D eigenvalue weighted by Gasteiger charge is 2.38. The highest BCUT2D eigenvalue weighted by molar-refractivity contribution is 7.93. The third-order valence-electron chi connectivity index (χ3n) is 5.23. The van der Waals surface area contributed by atoms with Crippen molar-refractivity contribution in [3.63, 3.8) is 0 Å². The van der Waals surface area contributed by atoms with Crippen molar-refractivity contribution in [2.45, 2.75) is 24.3 Å². The minimum atomic E-state index is -5.08. The van der Waals surface area contributed by atoms with Crippen LogP contribution in [0.4, 0.5) is 19.1 Å². The number of rotatable bonds is 7. The van der Waals surface area contributed by atoms with E-state index in [0.717, 1.165) is 13.0 Å². The van der Waals surface area contributed by atoms with Crippen LogP contribution in [0.3, 0.4) is 0 Å². The molecule has 4 rings (SSSR count). The first-order valence-corrected chi connectivity index (χ1v) is 12.5. The van der Waals surface area contributed by atoms with E-state index in [-0.39, 0.29) is 23.4 Å². The van der Waals surface area contributed by atoms with Gasteiger partial charge in [-0.15, -0.1) is 10.2 Å². The number of carbonyl (C=O) groups is 1. The van der Waals surface area contributed by atoms with Crippen LogP contribution in [0.15, 0.2) is 36.7 Å². The second kappa shape index (κ2) is 12.0. The summed E-state index contributed by atoms with van der Waals surface area (Å²) in [6.45, 7) is 1.17. The number of carboxylic acid groups (broad SMARTS) is 1. The molecule has 0 aliphatic carbocycles. The topological polar surface area (TPSA) is 170 Å². The van der Waals surface area contributed by atoms with Gasteiger partial charge in [0.05, 0.1) is 19.5 Å². The molecular weight excluding hydrogens is 535 g/mol. The van der Waals surface area contributed by atoms with Gasteiger partial charge in [-0.05, 0) is 19.4 Å². The van der Waals surface area contributed by atoms with Gasteiger partial charge in [-0.1, -0.05) is 30.3 Å². The number of nitrogens with one attached hydrogen (secondary N) is 2. The number of aliphatic carboxylic acids is 1. The minimum Gasteiger partial charge on any atom is -0.479 e. The van der Waals surface area contributed by atoms with Gasteiger partial charge in [-0.25, -0.2) is 13.2 Å². The highest BCUT2D eigenvalue weighted by Crippen LogP contribution is 2.35. The van der Waals surface area contributed by atoms with Gasteiger partial charge < -0.3 is 19.9 Å². The van der Waals surface area contributed by atoms with Crippen LogP contribution in [-0.4, -0.2) is 83.0 Å². The second-order valence-electron chi connectivity index (χ2n) is 7.71. The third kappa shape index (κ3) is 6.65. The van der Waals surface area contributed by atoms with E-state index in [4.69, 9.17) is 19.4 Å². The average molecular weight is 560 g/mol. The fourth-order valence-electron chi connectivity index (χ4n) is 3.47. The van der Waals surface area contributed by atoms with Crippen LogP contribution in [-0.2, 0) is 14.8 Å². The minimum absolute atomic E-state index is 0.00386. The lowest BCUT2D eigenvalue weighted by Crippen LogP contribution is -2.41. The third-order valence-corrected chi connectivity index (χ3v) is 6.97. The van der Waals surface area contributed by atoms with Crippen molar-refractivity contribution in [2.75, 3.05) is 32.0 Å². The van der Waals surface area contributed by atoms with Crippen molar-refractivity contribution in [3.05, 3.63) is 36.7 Å². The molecule has 3 aromatic rings. The van der Waals surface area contributed by atoms with E-state index < -0.39 is 27.4 Å². The molecule has 38 heavy (non-hydrogen) atoms. The monoisotopic (exact) mass is 559 g/mol. The van der Waals surface area contributed by atoms with Crippen LogP contribution < -0.4 is 19.5 Å². The van der Waals surface area contributed by atoms with E-state index in [0.29, 0.717) is 24.4 Å². The van der Waals surface area contributed by atoms with Gasteiger partial charge in [0.1, 0.15) is 6.33 Å². The highest BCUT2D eigenvalue weighted by atomic mass is 32.2. The molecule has 1 aromatic carbocycles. The lowest BCUT2D eigenvalue weighted by atomic mass is 10.2. The summed E-state index contributed by atoms with van der Waals surface area (Å²) in [4.78, 5) is 17.2. The van der Waals surface area contributed by atoms with E-state index in [1.165, 1.54) is 25.1 Å². The lowest BCUT2D eigenvalue weighted by molar-refractivity contribution is -0.192. The summed E-state index contributed by atoms with van der Waals surface area (Å²) >= 11 is 0. The fraction of sp³-hybridized carbons (Fsp3) is 0.381. The number of methoxy groups -OCH3 is 2. The summed E-state index contributed by atoms with van der Waals surface area (Å²) in [6.07, 6.45) is -2.45. The Morgan fingerprint density at radius 2 is 1.74 bits per heavy atom. The molecule has 0 radical (unpaired) electrons. The Balaban J connectivity index is 0.000000505. The lowest BCUT2D eigenvalue weighted by Gasteiger charge is -2.23. The molecule has 206 valence electrons. The number of nitrogens with zero attached hydrogens (tertiary/aromatic N) is 5. The Morgan fingerprint density at radius 1 is 1.13 bits per heavy atom. The summed E-state index contributed by atoms with van der Waals surface area (Å²) in [5.41, 5.74) is 1.00. The second-order valence-corrected chi connectivity index (χ2v) is 9.67. The molecule has 1 fully saturated rings. The number of halogens is 3. The Bertz CT molecular complexity index is 1320. The molecule has 2 aromatic heterocycles. The van der Waals surface area contributed by atoms with E-state index >= 15 is 0 Å². The predicted molar refractivity (Wildman–Crippen MR) is 128 cm³/mol. The first kappa shape index (κ1) is 28.6. The van der Waals surface area contributed by atoms with Crippen molar-refractivity contribution in [1.29, 1.82) is 0 Å². The summed E-state index contributed by atoms with van der Waals surface area (Å²) in [7, 11) is -0.826. The van der Waals surface area contributed by atoms with Gasteiger partial charge >= 0.3 is 12.1 Å². The van der Waals surface area contributed by atoms with Crippen molar-refractivity contribution in [2.24, 2.45) is 0 Å². The van der Waals surface area contributed by atoms with Gasteiger partial charge in [-0.3, -0.25) is 9.29 Å². The number of ether oxygens (including phenoxy) is 2. The van der Waals surface area contributed by atoms with Crippen LogP contribution >= 0.6 is 0 Å². The van der Waals surface area contributed by atoms with Gasteiger partial charge in [0.25, 0.3) is 0 Å². The molecule has 0 spiro atoms. The Hall–Kier alpha value is -3.99. The molecule has 0 bridgehead atoms. The Kier molecular flexibility index (Phi) is 9.05. The number of hydrogen-bond donors (Lipinski definition) is 3. The number of anilines is 1. The largest absolute Gasteiger partial charge is 0.490 e. The molecule has 17 heteroatoms. The molecule has 1 aliphatic rings. The zero-order valence-electron chi connectivity index (χ0n) is 20.1. The van der Waals surface area contributed by atoms with Gasteiger partial charge in [0.2, 0.25) is 27.7 Å². The van der Waals surface area contributed by atoms with Crippen LogP contribution in [0.2, 0.25) is 0 Å². The Labute approximate surface area is 215 Å². The van der Waals surface area contributed by atoms with Crippen molar-refractivity contribution in [3.8, 4) is 28.8 Å². The van der Waals surface area contributed by atoms with Gasteiger partial charge in [-0.2, -0.15) is 23.1 Å². The number of aromatic nitrogens is 5. The zero-order valence-corrected chi connectivity index (χ0v) is 21.0. The molecule has 1 atom stereocenters. The predicted octanol–water partition coefficient (Wildman–Crippen LogP) is 1.87. The number of hydrogen-bond acceptors (Lipinski definition) is 10. The van der Waals surface area contributed by atoms with Crippen molar-refractivity contribution >= 4 is 21.9 Å². The summed E-state index contributed by atoms with van der Waals surface area (Å²) in [6, 6.07) is 9.25. The fourth-order valence-corrected chi connectivity index (χ4v) is 4.84. The number of benzene rings is 1. The summed E-state index contributed by atoms with van der Waals surface area (Å²) in [5, 5.41) is 18.0. The van der Waals surface area contributed by atoms with Gasteiger partial charge in [0, 0.05) is 12.1 Å². The molecular formula is C21H24F3N7O6S. The summed E-state index contributed by atoms with van der Waals surface area (Å²) in [5.74, 6) is -2.01. The molecule has 3 heterocycles. The smallest absolute Gasteiger partial charge is 0.479 e. The van der Waals surface area contributed by atoms with E-state index in [2.05, 4.69) is 30.2 Å². The number of alkyl halides is 3. The Morgan fingerprint density at radius 3 is 2.24 bits per heavy atom. The maximum Gasteiger partial charge on any atom is 0.490 e. The van der Waals surface area contributed by atoms with E-state index in [9.17, 15) is 21.6 Å². The standard InChI is InChI=1S/C19H23N7O4S.C2HF3O2/c1-29-17-15(18(30-2)22-12-21-17)26-16(13-7-4-3-5-8-13)23-24-19(26)25-31(27,28)14-9-6-10-20-11-14;3-2(4,5)1(6)7/h3-5,7-8,12,14,20H,6,9-11H2,1-2H3,(H,24,25);(H,6,7). The maximum atomic E-state index is 13.1. The molecule has 1 aliphatic heterocycles. The number of piperidine rings is 1. The molecule has 13 nitrogen and oxygen atoms in total. The SMILES string of the molecule is COc1ncnc(OC)c1-n1c(NS(=O)(=O)C2CCCNC2)nnc1-c1ccccc1.O=C(O)C(F)(F)F. The molecule has 0 saturated carbocycles. The number of carboxylic acids is 1. The molecule has 0 amide bonds. The molecule has 3 N–H and O–H groups in total. The van der Waals surface area contributed by atoms with Crippen LogP contribution in [0.25, 0.3) is 17.1 Å². The normalized spacial score (nSPS) is 15.7. The zero-order chi connectivity index (χ0) is 27.9. The van der Waals surface area contributed by atoms with Crippen LogP contribution in [0.1, 0.15) is 12.8 Å². The van der Waals surface area contributed by atoms with E-state index in [1.807, 2.05) is 30.3 Å². The van der Waals surface area contributed by atoms with Crippen molar-refractivity contribution in [1.82, 2.24) is 30.0 Å². The van der Waals surface area contributed by atoms with Crippen molar-refractivity contribution < 1.29 is 41.0 Å². The average Bonchev–Trinajstić information content (AvgIpc) is 3.31. The molecule has 1 unspecified atom stereocenters. The maximum absolute atomic E-state index is 13.1. The van der Waals surface area contributed by atoms with Crippen LogP contribution in [0.5, 0.6) is 11.8 Å². The number of sulfonamides is 1. The first-order chi connectivity index (χ1) is 18.0. The summed E-state index contributed by atoms with van der Waals surface area (Å²) < 4.78 is 72.8. The van der Waals surface area contributed by atoms with Crippen LogP contribution in [0, 0.1) is 0 Å². The first-order valence-electron chi connectivity index (χ1n) is 11.0.